The molecule has 0 unspecified atom stereocenters. The van der Waals surface area contributed by atoms with Crippen LogP contribution in [0.4, 0.5) is 0 Å². The van der Waals surface area contributed by atoms with E-state index in [2.05, 4.69) is 10.1 Å². The predicted octanol–water partition coefficient (Wildman–Crippen LogP) is 7.58. The van der Waals surface area contributed by atoms with Gasteiger partial charge in [0.05, 0.1) is 5.71 Å². The van der Waals surface area contributed by atoms with E-state index in [1.807, 2.05) is 0 Å². The number of carbonyl (C=O) groups is 1. The Bertz CT molecular complexity index is 477. The Morgan fingerprint density at radius 2 is 1.00 bits per heavy atom. The smallest absolute Gasteiger partial charge is 0.287 e. The first-order chi connectivity index (χ1) is 13.9. The fourth-order valence-corrected chi connectivity index (χ4v) is 4.13. The lowest BCUT2D eigenvalue weighted by Crippen LogP contribution is -2.17. The molecule has 0 N–H and O–H groups in total. The summed E-state index contributed by atoms with van der Waals surface area (Å²) < 4.78 is 0. The number of aliphatic imine (C=N–C) groups is 1. The maximum Gasteiger partial charge on any atom is 0.287 e. The normalized spacial score (nSPS) is 22.3. The molecule has 0 spiro atoms. The van der Waals surface area contributed by atoms with Gasteiger partial charge in [0.15, 0.2) is 0 Å². The Morgan fingerprint density at radius 1 is 0.586 bits per heavy atom. The highest BCUT2D eigenvalue weighted by Crippen LogP contribution is 2.16. The van der Waals surface area contributed by atoms with Gasteiger partial charge >= 0.3 is 0 Å². The second-order valence-corrected chi connectivity index (χ2v) is 8.62. The fraction of sp³-hybridized carbons (Fsp3) is 0.875. The van der Waals surface area contributed by atoms with Crippen LogP contribution in [0.15, 0.2) is 10.1 Å². The van der Waals surface area contributed by atoms with Crippen molar-refractivity contribution in [3.63, 3.8) is 0 Å². The third-order valence-corrected chi connectivity index (χ3v) is 6.00. The Balaban J connectivity index is 0.00000420. The molecule has 1 aliphatic heterocycles. The number of hydrogen-bond acceptors (Lipinski definition) is 4. The van der Waals surface area contributed by atoms with Gasteiger partial charge in [0, 0.05) is 13.0 Å². The van der Waals surface area contributed by atoms with E-state index >= 15 is 0 Å². The summed E-state index contributed by atoms with van der Waals surface area (Å²) in [6.45, 7) is 0.686. The summed E-state index contributed by atoms with van der Waals surface area (Å²) in [6.07, 6.45) is 23.7. The van der Waals surface area contributed by atoms with Crippen molar-refractivity contribution in [2.24, 2.45) is 10.1 Å². The van der Waals surface area contributed by atoms with Gasteiger partial charge in [0.2, 0.25) is 5.78 Å². The molecule has 1 aliphatic carbocycles. The number of oxime groups is 1. The molecule has 5 heteroatoms. The molecule has 4 nitrogen and oxygen atoms in total. The van der Waals surface area contributed by atoms with Crippen LogP contribution in [0, 0.1) is 0 Å². The second kappa shape index (κ2) is 17.9. The van der Waals surface area contributed by atoms with Crippen molar-refractivity contribution < 1.29 is 9.63 Å². The predicted molar refractivity (Wildman–Crippen MR) is 125 cm³/mol. The van der Waals surface area contributed by atoms with Crippen molar-refractivity contribution in [2.75, 3.05) is 6.54 Å². The quantitative estimate of drug-likeness (QED) is 0.405. The summed E-state index contributed by atoms with van der Waals surface area (Å²) >= 11 is 0. The Labute approximate surface area is 184 Å². The summed E-state index contributed by atoms with van der Waals surface area (Å²) in [7, 11) is 0. The summed E-state index contributed by atoms with van der Waals surface area (Å²) in [5.74, 6) is 0.301. The number of Topliss-reactive ketones (excluding diaryl/α,β-unsaturated/α-hetero) is 1. The van der Waals surface area contributed by atoms with Crippen LogP contribution in [-0.2, 0) is 9.63 Å². The molecule has 0 bridgehead atoms. The lowest BCUT2D eigenvalue weighted by atomic mass is 10.00. The van der Waals surface area contributed by atoms with Crippen molar-refractivity contribution in [1.29, 1.82) is 0 Å². The van der Waals surface area contributed by atoms with Crippen molar-refractivity contribution in [3.05, 3.63) is 0 Å². The summed E-state index contributed by atoms with van der Waals surface area (Å²) in [4.78, 5) is 22.7. The van der Waals surface area contributed by atoms with Gasteiger partial charge in [0.25, 0.3) is 5.90 Å². The molecule has 1 heterocycles. The summed E-state index contributed by atoms with van der Waals surface area (Å²) in [5.41, 5.74) is 1.12. The molecule has 0 radical (unpaired) electrons. The zero-order valence-electron chi connectivity index (χ0n) is 18.5. The molecular formula is C24H43ClN2O2. The summed E-state index contributed by atoms with van der Waals surface area (Å²) in [5, 5.41) is 4.44. The van der Waals surface area contributed by atoms with Crippen molar-refractivity contribution >= 4 is 29.8 Å². The molecule has 168 valence electrons. The van der Waals surface area contributed by atoms with E-state index in [9.17, 15) is 4.79 Å². The van der Waals surface area contributed by atoms with Gasteiger partial charge < -0.3 is 4.84 Å². The van der Waals surface area contributed by atoms with Crippen LogP contribution in [-0.4, -0.2) is 23.9 Å². The van der Waals surface area contributed by atoms with E-state index in [1.54, 1.807) is 0 Å². The van der Waals surface area contributed by atoms with E-state index in [4.69, 9.17) is 4.84 Å². The summed E-state index contributed by atoms with van der Waals surface area (Å²) in [6, 6.07) is 0. The first kappa shape index (κ1) is 26.1. The maximum atomic E-state index is 12.6. The number of rotatable bonds is 1. The first-order valence-corrected chi connectivity index (χ1v) is 12.2. The maximum absolute atomic E-state index is 12.6. The number of nitrogens with zero attached hydrogens (tertiary/aromatic N) is 2. The molecule has 2 rings (SSSR count). The van der Waals surface area contributed by atoms with Gasteiger partial charge in [-0.3, -0.25) is 4.79 Å². The molecule has 29 heavy (non-hydrogen) atoms. The zero-order valence-corrected chi connectivity index (χ0v) is 19.3. The van der Waals surface area contributed by atoms with E-state index < -0.39 is 0 Å². The number of ketones is 1. The lowest BCUT2D eigenvalue weighted by molar-refractivity contribution is -0.114. The zero-order chi connectivity index (χ0) is 19.7. The van der Waals surface area contributed by atoms with E-state index in [0.717, 1.165) is 37.8 Å². The number of halogens is 1. The lowest BCUT2D eigenvalue weighted by Gasteiger charge is -2.10. The van der Waals surface area contributed by atoms with E-state index in [0.29, 0.717) is 13.0 Å². The molecule has 0 amide bonds. The van der Waals surface area contributed by atoms with E-state index in [-0.39, 0.29) is 24.1 Å². The molecule has 0 aromatic rings. The minimum atomic E-state index is 0. The van der Waals surface area contributed by atoms with Crippen LogP contribution in [0.2, 0.25) is 0 Å². The minimum absolute atomic E-state index is 0. The fourth-order valence-electron chi connectivity index (χ4n) is 4.13. The molecule has 1 saturated carbocycles. The van der Waals surface area contributed by atoms with Crippen LogP contribution >= 0.6 is 12.4 Å². The SMILES string of the molecule is Cl.O=C1CCCCCCCCCCN=C1ON=C1CCCCCCCCCCC1. The van der Waals surface area contributed by atoms with Crippen LogP contribution in [0.3, 0.4) is 0 Å². The second-order valence-electron chi connectivity index (χ2n) is 8.62. The largest absolute Gasteiger partial charge is 0.333 e. The first-order valence-electron chi connectivity index (χ1n) is 12.2. The topological polar surface area (TPSA) is 51.0 Å². The Kier molecular flexibility index (Phi) is 16.1. The monoisotopic (exact) mass is 426 g/mol. The average molecular weight is 427 g/mol. The number of hydrogen-bond donors (Lipinski definition) is 0. The van der Waals surface area contributed by atoms with Gasteiger partial charge in [-0.25, -0.2) is 4.99 Å². The van der Waals surface area contributed by atoms with Gasteiger partial charge in [-0.05, 0) is 38.5 Å². The van der Waals surface area contributed by atoms with Gasteiger partial charge in [-0.2, -0.15) is 0 Å². The standard InChI is InChI=1S/C24H42N2O2.ClH/c27-23-20-16-12-8-4-5-9-13-17-21-25-24(23)28-26-22-18-14-10-6-2-1-3-7-11-15-19-22;/h1-21H2;1H. The van der Waals surface area contributed by atoms with Gasteiger partial charge in [0.1, 0.15) is 0 Å². The molecule has 1 fully saturated rings. The minimum Gasteiger partial charge on any atom is -0.333 e. The molecule has 0 aromatic heterocycles. The number of carbonyl (C=O) groups excluding carboxylic acids is 1. The van der Waals surface area contributed by atoms with Crippen LogP contribution in [0.1, 0.15) is 128 Å². The highest BCUT2D eigenvalue weighted by atomic mass is 35.5. The van der Waals surface area contributed by atoms with Gasteiger partial charge in [-0.15, -0.1) is 12.4 Å². The Morgan fingerprint density at radius 3 is 1.52 bits per heavy atom. The van der Waals surface area contributed by atoms with Crippen molar-refractivity contribution in [1.82, 2.24) is 0 Å². The van der Waals surface area contributed by atoms with E-state index in [1.165, 1.54) is 89.9 Å². The molecule has 0 saturated heterocycles. The molecule has 2 aliphatic rings. The molecular weight excluding hydrogens is 384 g/mol. The Hall–Kier alpha value is -0.900. The highest BCUT2D eigenvalue weighted by Gasteiger charge is 2.14. The van der Waals surface area contributed by atoms with Crippen LogP contribution in [0.25, 0.3) is 0 Å². The van der Waals surface area contributed by atoms with Crippen LogP contribution < -0.4 is 0 Å². The average Bonchev–Trinajstić information content (AvgIpc) is 2.71. The van der Waals surface area contributed by atoms with Crippen molar-refractivity contribution in [3.8, 4) is 0 Å². The third kappa shape index (κ3) is 13.1. The highest BCUT2D eigenvalue weighted by molar-refractivity contribution is 6.36. The molecule has 0 atom stereocenters. The third-order valence-electron chi connectivity index (χ3n) is 6.00. The van der Waals surface area contributed by atoms with Gasteiger partial charge in [-0.1, -0.05) is 88.6 Å². The van der Waals surface area contributed by atoms with Crippen LogP contribution in [0.5, 0.6) is 0 Å². The molecule has 0 aromatic carbocycles. The van der Waals surface area contributed by atoms with Crippen molar-refractivity contribution in [2.45, 2.75) is 128 Å².